The summed E-state index contributed by atoms with van der Waals surface area (Å²) >= 11 is 0. The molecule has 0 fully saturated rings. The van der Waals surface area contributed by atoms with E-state index in [0.29, 0.717) is 17.1 Å². The second-order valence-electron chi connectivity index (χ2n) is 4.05. The third-order valence-corrected chi connectivity index (χ3v) is 2.65. The van der Waals surface area contributed by atoms with Gasteiger partial charge in [0.05, 0.1) is 17.3 Å². The Hall–Kier alpha value is -2.48. The standard InChI is InChI=1S/C13H14N4O/c1-8-3-4-11(18-8)9(2)17-13-12(15)10(7-14)5-6-16-13/h3-6,9H,15H2,1-2H3,(H,16,17). The van der Waals surface area contributed by atoms with Crippen LogP contribution in [0.1, 0.15) is 30.0 Å². The lowest BCUT2D eigenvalue weighted by Crippen LogP contribution is -2.10. The van der Waals surface area contributed by atoms with Crippen molar-refractivity contribution in [2.24, 2.45) is 0 Å². The molecule has 0 spiro atoms. The van der Waals surface area contributed by atoms with Crippen LogP contribution in [0.4, 0.5) is 11.5 Å². The van der Waals surface area contributed by atoms with Crippen LogP contribution in [0.15, 0.2) is 28.8 Å². The summed E-state index contributed by atoms with van der Waals surface area (Å²) in [6.45, 7) is 3.83. The SMILES string of the molecule is Cc1ccc(C(C)Nc2nccc(C#N)c2N)o1. The fourth-order valence-electron chi connectivity index (χ4n) is 1.65. The van der Waals surface area contributed by atoms with Crippen LogP contribution in [0.25, 0.3) is 0 Å². The van der Waals surface area contributed by atoms with Crippen LogP contribution in [-0.2, 0) is 0 Å². The van der Waals surface area contributed by atoms with Gasteiger partial charge in [0.25, 0.3) is 0 Å². The highest BCUT2D eigenvalue weighted by atomic mass is 16.3. The highest BCUT2D eigenvalue weighted by Crippen LogP contribution is 2.25. The van der Waals surface area contributed by atoms with E-state index >= 15 is 0 Å². The molecule has 2 heterocycles. The number of nitrogens with zero attached hydrogens (tertiary/aromatic N) is 2. The van der Waals surface area contributed by atoms with Crippen LogP contribution in [0.2, 0.25) is 0 Å². The summed E-state index contributed by atoms with van der Waals surface area (Å²) < 4.78 is 5.52. The molecule has 0 aliphatic carbocycles. The molecule has 0 aliphatic rings. The van der Waals surface area contributed by atoms with Crippen molar-refractivity contribution in [3.63, 3.8) is 0 Å². The number of aryl methyl sites for hydroxylation is 1. The Morgan fingerprint density at radius 3 is 2.83 bits per heavy atom. The highest BCUT2D eigenvalue weighted by Gasteiger charge is 2.13. The van der Waals surface area contributed by atoms with Crippen LogP contribution in [0.3, 0.4) is 0 Å². The minimum Gasteiger partial charge on any atom is -0.464 e. The second kappa shape index (κ2) is 4.80. The first-order chi connectivity index (χ1) is 8.61. The molecule has 2 aromatic heterocycles. The number of rotatable bonds is 3. The molecule has 0 bridgehead atoms. The molecule has 1 unspecified atom stereocenters. The van der Waals surface area contributed by atoms with E-state index in [-0.39, 0.29) is 6.04 Å². The van der Waals surface area contributed by atoms with Crippen molar-refractivity contribution < 1.29 is 4.42 Å². The number of aromatic nitrogens is 1. The molecule has 92 valence electrons. The van der Waals surface area contributed by atoms with Gasteiger partial charge in [0, 0.05) is 6.20 Å². The molecule has 0 radical (unpaired) electrons. The maximum Gasteiger partial charge on any atom is 0.151 e. The summed E-state index contributed by atoms with van der Waals surface area (Å²) in [5.74, 6) is 2.15. The van der Waals surface area contributed by atoms with Gasteiger partial charge < -0.3 is 15.5 Å². The van der Waals surface area contributed by atoms with Crippen molar-refractivity contribution in [1.29, 1.82) is 5.26 Å². The van der Waals surface area contributed by atoms with Gasteiger partial charge in [-0.2, -0.15) is 5.26 Å². The monoisotopic (exact) mass is 242 g/mol. The fraction of sp³-hybridized carbons (Fsp3) is 0.231. The van der Waals surface area contributed by atoms with Crippen LogP contribution in [0.5, 0.6) is 0 Å². The number of nitrogens with one attached hydrogen (secondary N) is 1. The summed E-state index contributed by atoms with van der Waals surface area (Å²) in [7, 11) is 0. The summed E-state index contributed by atoms with van der Waals surface area (Å²) in [6.07, 6.45) is 1.55. The van der Waals surface area contributed by atoms with Crippen molar-refractivity contribution in [3.8, 4) is 6.07 Å². The van der Waals surface area contributed by atoms with Gasteiger partial charge in [-0.05, 0) is 32.0 Å². The van der Waals surface area contributed by atoms with Crippen molar-refractivity contribution >= 4 is 11.5 Å². The predicted octanol–water partition coefficient (Wildman–Crippen LogP) is 2.61. The van der Waals surface area contributed by atoms with E-state index in [2.05, 4.69) is 10.3 Å². The number of hydrogen-bond donors (Lipinski definition) is 2. The number of furan rings is 1. The van der Waals surface area contributed by atoms with Crippen molar-refractivity contribution in [2.45, 2.75) is 19.9 Å². The van der Waals surface area contributed by atoms with Gasteiger partial charge in [-0.25, -0.2) is 4.98 Å². The van der Waals surface area contributed by atoms with Crippen LogP contribution < -0.4 is 11.1 Å². The molecule has 0 aliphatic heterocycles. The third kappa shape index (κ3) is 2.28. The Morgan fingerprint density at radius 1 is 1.44 bits per heavy atom. The molecule has 18 heavy (non-hydrogen) atoms. The summed E-state index contributed by atoms with van der Waals surface area (Å²) in [5, 5.41) is 12.0. The molecule has 5 nitrogen and oxygen atoms in total. The highest BCUT2D eigenvalue weighted by molar-refractivity contribution is 5.69. The Morgan fingerprint density at radius 2 is 2.22 bits per heavy atom. The van der Waals surface area contributed by atoms with Crippen molar-refractivity contribution in [3.05, 3.63) is 41.5 Å². The summed E-state index contributed by atoms with van der Waals surface area (Å²) in [5.41, 5.74) is 6.62. The first-order valence-electron chi connectivity index (χ1n) is 5.59. The van der Waals surface area contributed by atoms with E-state index in [1.165, 1.54) is 0 Å². The maximum absolute atomic E-state index is 8.89. The fourth-order valence-corrected chi connectivity index (χ4v) is 1.65. The van der Waals surface area contributed by atoms with Gasteiger partial charge >= 0.3 is 0 Å². The Kier molecular flexibility index (Phi) is 3.20. The topological polar surface area (TPSA) is 87.9 Å². The molecule has 2 aromatic rings. The largest absolute Gasteiger partial charge is 0.464 e. The van der Waals surface area contributed by atoms with E-state index < -0.39 is 0 Å². The predicted molar refractivity (Wildman–Crippen MR) is 68.8 cm³/mol. The molecular formula is C13H14N4O. The van der Waals surface area contributed by atoms with E-state index in [0.717, 1.165) is 11.5 Å². The Bertz CT molecular complexity index is 597. The lowest BCUT2D eigenvalue weighted by molar-refractivity contribution is 0.466. The van der Waals surface area contributed by atoms with Gasteiger partial charge in [-0.3, -0.25) is 0 Å². The molecular weight excluding hydrogens is 228 g/mol. The van der Waals surface area contributed by atoms with Gasteiger partial charge in [-0.1, -0.05) is 0 Å². The van der Waals surface area contributed by atoms with Crippen LogP contribution >= 0.6 is 0 Å². The first kappa shape index (κ1) is 12.0. The van der Waals surface area contributed by atoms with Gasteiger partial charge in [0.15, 0.2) is 5.82 Å². The lowest BCUT2D eigenvalue weighted by atomic mass is 10.2. The van der Waals surface area contributed by atoms with Crippen LogP contribution in [0, 0.1) is 18.3 Å². The zero-order valence-electron chi connectivity index (χ0n) is 10.3. The Labute approximate surface area is 105 Å². The minimum atomic E-state index is -0.0672. The lowest BCUT2D eigenvalue weighted by Gasteiger charge is -2.14. The van der Waals surface area contributed by atoms with E-state index in [4.69, 9.17) is 15.4 Å². The molecule has 2 rings (SSSR count). The molecule has 0 saturated carbocycles. The molecule has 3 N–H and O–H groups in total. The normalized spacial score (nSPS) is 11.8. The average molecular weight is 242 g/mol. The van der Waals surface area contributed by atoms with Gasteiger partial charge in [0.1, 0.15) is 17.6 Å². The Balaban J connectivity index is 2.22. The second-order valence-corrected chi connectivity index (χ2v) is 4.05. The average Bonchev–Trinajstić information content (AvgIpc) is 2.78. The zero-order chi connectivity index (χ0) is 13.1. The zero-order valence-corrected chi connectivity index (χ0v) is 10.3. The number of nitrogen functional groups attached to an aromatic ring is 1. The van der Waals surface area contributed by atoms with Crippen molar-refractivity contribution in [1.82, 2.24) is 4.98 Å². The van der Waals surface area contributed by atoms with E-state index in [9.17, 15) is 0 Å². The number of nitrogens with two attached hydrogens (primary N) is 1. The maximum atomic E-state index is 8.89. The van der Waals surface area contributed by atoms with Gasteiger partial charge in [0.2, 0.25) is 0 Å². The number of hydrogen-bond acceptors (Lipinski definition) is 5. The number of anilines is 2. The number of pyridine rings is 1. The van der Waals surface area contributed by atoms with E-state index in [1.807, 2.05) is 32.0 Å². The molecule has 1 atom stereocenters. The minimum absolute atomic E-state index is 0.0672. The number of nitriles is 1. The smallest absolute Gasteiger partial charge is 0.151 e. The first-order valence-corrected chi connectivity index (χ1v) is 5.59. The quantitative estimate of drug-likeness (QED) is 0.863. The molecule has 0 amide bonds. The molecule has 0 aromatic carbocycles. The summed E-state index contributed by atoms with van der Waals surface area (Å²) in [4.78, 5) is 4.13. The van der Waals surface area contributed by atoms with Crippen LogP contribution in [-0.4, -0.2) is 4.98 Å². The molecule has 5 heteroatoms. The summed E-state index contributed by atoms with van der Waals surface area (Å²) in [6, 6.07) is 7.34. The van der Waals surface area contributed by atoms with E-state index in [1.54, 1.807) is 12.3 Å². The van der Waals surface area contributed by atoms with Gasteiger partial charge in [-0.15, -0.1) is 0 Å². The molecule has 0 saturated heterocycles. The van der Waals surface area contributed by atoms with Crippen molar-refractivity contribution in [2.75, 3.05) is 11.1 Å². The third-order valence-electron chi connectivity index (χ3n) is 2.65.